The molecule has 0 saturated heterocycles. The lowest BCUT2D eigenvalue weighted by Gasteiger charge is -2.03. The number of nitrogens with zero attached hydrogens (tertiary/aromatic N) is 3. The summed E-state index contributed by atoms with van der Waals surface area (Å²) in [5.41, 5.74) is 2.90. The maximum atomic E-state index is 5.78. The van der Waals surface area contributed by atoms with Crippen LogP contribution in [0.5, 0.6) is 0 Å². The predicted molar refractivity (Wildman–Crippen MR) is 55.0 cm³/mol. The van der Waals surface area contributed by atoms with Gasteiger partial charge in [-0.05, 0) is 30.7 Å². The van der Waals surface area contributed by atoms with Crippen molar-refractivity contribution in [1.29, 1.82) is 0 Å². The first kappa shape index (κ1) is 9.09. The van der Waals surface area contributed by atoms with E-state index in [0.717, 1.165) is 16.8 Å². The maximum absolute atomic E-state index is 5.78. The first-order valence-corrected chi connectivity index (χ1v) is 4.55. The molecule has 2 aromatic heterocycles. The fourth-order valence-electron chi connectivity index (χ4n) is 1.25. The van der Waals surface area contributed by atoms with Crippen LogP contribution in [-0.4, -0.2) is 15.2 Å². The minimum absolute atomic E-state index is 0.405. The minimum Gasteiger partial charge on any atom is -0.265 e. The number of halogens is 1. The van der Waals surface area contributed by atoms with Crippen molar-refractivity contribution in [3.63, 3.8) is 0 Å². The number of hydrogen-bond acceptors (Lipinski definition) is 3. The van der Waals surface area contributed by atoms with Crippen LogP contribution >= 0.6 is 11.6 Å². The van der Waals surface area contributed by atoms with Gasteiger partial charge in [-0.15, -0.1) is 5.10 Å². The molecule has 3 nitrogen and oxygen atoms in total. The molecule has 0 atom stereocenters. The molecule has 0 aliphatic rings. The summed E-state index contributed by atoms with van der Waals surface area (Å²) < 4.78 is 0. The second-order valence-corrected chi connectivity index (χ2v) is 3.29. The number of pyridine rings is 1. The molecule has 0 amide bonds. The highest BCUT2D eigenvalue weighted by Crippen LogP contribution is 2.22. The zero-order valence-corrected chi connectivity index (χ0v) is 8.36. The molecule has 0 spiro atoms. The fourth-order valence-corrected chi connectivity index (χ4v) is 1.40. The first-order valence-electron chi connectivity index (χ1n) is 4.17. The second kappa shape index (κ2) is 3.72. The van der Waals surface area contributed by atoms with Crippen molar-refractivity contribution in [3.8, 4) is 11.1 Å². The van der Waals surface area contributed by atoms with Gasteiger partial charge >= 0.3 is 0 Å². The predicted octanol–water partition coefficient (Wildman–Crippen LogP) is 2.50. The average molecular weight is 206 g/mol. The van der Waals surface area contributed by atoms with E-state index in [2.05, 4.69) is 15.2 Å². The maximum Gasteiger partial charge on any atom is 0.152 e. The molecule has 0 bridgehead atoms. The third-order valence-corrected chi connectivity index (χ3v) is 2.12. The van der Waals surface area contributed by atoms with Crippen molar-refractivity contribution in [3.05, 3.63) is 41.4 Å². The summed E-state index contributed by atoms with van der Waals surface area (Å²) in [7, 11) is 0. The summed E-state index contributed by atoms with van der Waals surface area (Å²) in [4.78, 5) is 3.95. The van der Waals surface area contributed by atoms with Crippen LogP contribution in [0.2, 0.25) is 5.15 Å². The molecule has 0 aromatic carbocycles. The van der Waals surface area contributed by atoms with Crippen LogP contribution in [0.1, 0.15) is 5.69 Å². The topological polar surface area (TPSA) is 38.7 Å². The van der Waals surface area contributed by atoms with Crippen molar-refractivity contribution >= 4 is 11.6 Å². The van der Waals surface area contributed by atoms with E-state index in [1.165, 1.54) is 0 Å². The van der Waals surface area contributed by atoms with Gasteiger partial charge in [0.25, 0.3) is 0 Å². The van der Waals surface area contributed by atoms with Crippen LogP contribution in [0.25, 0.3) is 11.1 Å². The van der Waals surface area contributed by atoms with E-state index in [9.17, 15) is 0 Å². The van der Waals surface area contributed by atoms with E-state index in [1.54, 1.807) is 18.5 Å². The lowest BCUT2D eigenvalue weighted by molar-refractivity contribution is 0.984. The van der Waals surface area contributed by atoms with Gasteiger partial charge in [0.2, 0.25) is 0 Å². The lowest BCUT2D eigenvalue weighted by atomic mass is 10.1. The molecule has 0 fully saturated rings. The molecule has 0 radical (unpaired) electrons. The molecule has 2 heterocycles. The Labute approximate surface area is 86.8 Å². The molecule has 0 aliphatic heterocycles. The molecule has 0 aliphatic carbocycles. The van der Waals surface area contributed by atoms with Gasteiger partial charge in [-0.2, -0.15) is 5.10 Å². The summed E-state index contributed by atoms with van der Waals surface area (Å²) in [5.74, 6) is 0. The SMILES string of the molecule is Cc1nnc(Cl)cc1-c1ccncc1. The van der Waals surface area contributed by atoms with Gasteiger partial charge in [-0.25, -0.2) is 0 Å². The Kier molecular flexibility index (Phi) is 2.41. The molecule has 0 saturated carbocycles. The Balaban J connectivity index is 2.57. The largest absolute Gasteiger partial charge is 0.265 e. The highest BCUT2D eigenvalue weighted by molar-refractivity contribution is 6.29. The molecule has 0 N–H and O–H groups in total. The Hall–Kier alpha value is -1.48. The van der Waals surface area contributed by atoms with E-state index in [0.29, 0.717) is 5.15 Å². The number of hydrogen-bond donors (Lipinski definition) is 0. The van der Waals surface area contributed by atoms with Gasteiger partial charge in [-0.1, -0.05) is 11.6 Å². The molecule has 2 aromatic rings. The lowest BCUT2D eigenvalue weighted by Crippen LogP contribution is -1.91. The average Bonchev–Trinajstić information content (AvgIpc) is 2.23. The molecule has 70 valence electrons. The summed E-state index contributed by atoms with van der Waals surface area (Å²) in [6.07, 6.45) is 3.48. The number of aromatic nitrogens is 3. The zero-order chi connectivity index (χ0) is 9.97. The third-order valence-electron chi connectivity index (χ3n) is 1.94. The molecular weight excluding hydrogens is 198 g/mol. The summed E-state index contributed by atoms with van der Waals surface area (Å²) in [6.45, 7) is 1.90. The minimum atomic E-state index is 0.405. The summed E-state index contributed by atoms with van der Waals surface area (Å²) >= 11 is 5.78. The van der Waals surface area contributed by atoms with E-state index < -0.39 is 0 Å². The van der Waals surface area contributed by atoms with E-state index >= 15 is 0 Å². The van der Waals surface area contributed by atoms with Crippen molar-refractivity contribution in [2.75, 3.05) is 0 Å². The van der Waals surface area contributed by atoms with Gasteiger partial charge in [0.1, 0.15) is 0 Å². The highest BCUT2D eigenvalue weighted by atomic mass is 35.5. The van der Waals surface area contributed by atoms with E-state index in [1.807, 2.05) is 19.1 Å². The number of aryl methyl sites for hydroxylation is 1. The van der Waals surface area contributed by atoms with Gasteiger partial charge in [-0.3, -0.25) is 4.98 Å². The van der Waals surface area contributed by atoms with Crippen LogP contribution in [-0.2, 0) is 0 Å². The third kappa shape index (κ3) is 1.72. The number of rotatable bonds is 1. The van der Waals surface area contributed by atoms with Crippen LogP contribution in [0.3, 0.4) is 0 Å². The monoisotopic (exact) mass is 205 g/mol. The summed E-state index contributed by atoms with van der Waals surface area (Å²) in [5, 5.41) is 8.12. The van der Waals surface area contributed by atoms with Crippen molar-refractivity contribution in [1.82, 2.24) is 15.2 Å². The second-order valence-electron chi connectivity index (χ2n) is 2.90. The Morgan fingerprint density at radius 3 is 2.57 bits per heavy atom. The van der Waals surface area contributed by atoms with Gasteiger partial charge in [0, 0.05) is 18.0 Å². The van der Waals surface area contributed by atoms with Crippen molar-refractivity contribution < 1.29 is 0 Å². The van der Waals surface area contributed by atoms with Crippen molar-refractivity contribution in [2.24, 2.45) is 0 Å². The molecule has 0 unspecified atom stereocenters. The fraction of sp³-hybridized carbons (Fsp3) is 0.100. The van der Waals surface area contributed by atoms with E-state index in [-0.39, 0.29) is 0 Å². The normalized spacial score (nSPS) is 10.1. The van der Waals surface area contributed by atoms with E-state index in [4.69, 9.17) is 11.6 Å². The Morgan fingerprint density at radius 1 is 1.14 bits per heavy atom. The quantitative estimate of drug-likeness (QED) is 0.718. The highest BCUT2D eigenvalue weighted by Gasteiger charge is 2.03. The van der Waals surface area contributed by atoms with Gasteiger partial charge in [0.05, 0.1) is 5.69 Å². The van der Waals surface area contributed by atoms with Crippen LogP contribution in [0, 0.1) is 6.92 Å². The van der Waals surface area contributed by atoms with Gasteiger partial charge in [0.15, 0.2) is 5.15 Å². The molecule has 4 heteroatoms. The van der Waals surface area contributed by atoms with Crippen molar-refractivity contribution in [2.45, 2.75) is 6.92 Å². The Bertz CT molecular complexity index is 442. The molecule has 14 heavy (non-hydrogen) atoms. The van der Waals surface area contributed by atoms with Gasteiger partial charge < -0.3 is 0 Å². The molecule has 2 rings (SSSR count). The zero-order valence-electron chi connectivity index (χ0n) is 7.61. The standard InChI is InChI=1S/C10H8ClN3/c1-7-9(6-10(11)14-13-7)8-2-4-12-5-3-8/h2-6H,1H3. The first-order chi connectivity index (χ1) is 6.77. The summed E-state index contributed by atoms with van der Waals surface area (Å²) in [6, 6.07) is 5.64. The van der Waals surface area contributed by atoms with Crippen LogP contribution in [0.15, 0.2) is 30.6 Å². The van der Waals surface area contributed by atoms with Crippen LogP contribution in [0.4, 0.5) is 0 Å². The Morgan fingerprint density at radius 2 is 1.86 bits per heavy atom. The smallest absolute Gasteiger partial charge is 0.152 e. The molecular formula is C10H8ClN3. The van der Waals surface area contributed by atoms with Crippen LogP contribution < -0.4 is 0 Å².